The molecule has 0 N–H and O–H groups in total. The van der Waals surface area contributed by atoms with E-state index in [1.165, 1.54) is 6.07 Å². The van der Waals surface area contributed by atoms with E-state index in [9.17, 15) is 8.78 Å². The topological polar surface area (TPSA) is 35.3 Å². The predicted molar refractivity (Wildman–Crippen MR) is 51.9 cm³/mol. The molecule has 0 saturated carbocycles. The van der Waals surface area contributed by atoms with Gasteiger partial charge in [-0.25, -0.2) is 8.78 Å². The first-order chi connectivity index (χ1) is 7.65. The van der Waals surface area contributed by atoms with Crippen molar-refractivity contribution in [2.75, 3.05) is 0 Å². The summed E-state index contributed by atoms with van der Waals surface area (Å²) in [5, 5.41) is 3.70. The summed E-state index contributed by atoms with van der Waals surface area (Å²) in [5.41, 5.74) is 0.599. The maximum Gasteiger partial charge on any atom is 0.162 e. The predicted octanol–water partition coefficient (Wildman–Crippen LogP) is 2.84. The Hall–Kier alpha value is -1.91. The van der Waals surface area contributed by atoms with Gasteiger partial charge < -0.3 is 9.26 Å². The second-order valence-electron chi connectivity index (χ2n) is 3.29. The second kappa shape index (κ2) is 4.30. The first kappa shape index (κ1) is 10.6. The minimum atomic E-state index is -0.936. The van der Waals surface area contributed by atoms with Crippen molar-refractivity contribution in [3.63, 3.8) is 0 Å². The highest BCUT2D eigenvalue weighted by molar-refractivity contribution is 5.23. The summed E-state index contributed by atoms with van der Waals surface area (Å²) in [7, 11) is 0. The van der Waals surface area contributed by atoms with E-state index >= 15 is 0 Å². The van der Waals surface area contributed by atoms with Gasteiger partial charge in [0.15, 0.2) is 11.6 Å². The van der Waals surface area contributed by atoms with Crippen molar-refractivity contribution in [1.29, 1.82) is 0 Å². The van der Waals surface area contributed by atoms with Crippen LogP contribution in [0.4, 0.5) is 8.78 Å². The molecule has 84 valence electrons. The molecule has 0 bridgehead atoms. The molecule has 2 aromatic rings. The smallest absolute Gasteiger partial charge is 0.162 e. The Morgan fingerprint density at radius 2 is 2.06 bits per heavy atom. The van der Waals surface area contributed by atoms with Gasteiger partial charge in [0.05, 0.1) is 0 Å². The number of aryl methyl sites for hydroxylation is 1. The third kappa shape index (κ3) is 2.36. The second-order valence-corrected chi connectivity index (χ2v) is 3.29. The highest BCUT2D eigenvalue weighted by Gasteiger charge is 2.05. The van der Waals surface area contributed by atoms with Gasteiger partial charge in [0.2, 0.25) is 0 Å². The number of benzene rings is 1. The Kier molecular flexibility index (Phi) is 2.85. The van der Waals surface area contributed by atoms with Crippen molar-refractivity contribution >= 4 is 0 Å². The van der Waals surface area contributed by atoms with Gasteiger partial charge >= 0.3 is 0 Å². The number of halogens is 2. The van der Waals surface area contributed by atoms with Gasteiger partial charge in [-0.05, 0) is 19.1 Å². The van der Waals surface area contributed by atoms with E-state index in [2.05, 4.69) is 5.16 Å². The summed E-state index contributed by atoms with van der Waals surface area (Å²) in [6, 6.07) is 5.06. The van der Waals surface area contributed by atoms with Gasteiger partial charge in [-0.15, -0.1) is 0 Å². The number of rotatable bonds is 3. The van der Waals surface area contributed by atoms with Crippen molar-refractivity contribution in [1.82, 2.24) is 5.16 Å². The molecular weight excluding hydrogens is 216 g/mol. The van der Waals surface area contributed by atoms with Crippen LogP contribution in [0.1, 0.15) is 11.5 Å². The lowest BCUT2D eigenvalue weighted by atomic mass is 10.3. The molecule has 0 saturated heterocycles. The number of ether oxygens (including phenoxy) is 1. The van der Waals surface area contributed by atoms with Crippen LogP contribution in [0, 0.1) is 18.6 Å². The molecule has 1 aromatic heterocycles. The van der Waals surface area contributed by atoms with E-state index in [1.54, 1.807) is 13.0 Å². The molecule has 0 aliphatic heterocycles. The van der Waals surface area contributed by atoms with Crippen molar-refractivity contribution < 1.29 is 18.0 Å². The summed E-state index contributed by atoms with van der Waals surface area (Å²) in [6.45, 7) is 1.91. The van der Waals surface area contributed by atoms with Crippen LogP contribution in [0.3, 0.4) is 0 Å². The highest BCUT2D eigenvalue weighted by atomic mass is 19.2. The molecule has 0 amide bonds. The van der Waals surface area contributed by atoms with Crippen LogP contribution in [0.5, 0.6) is 5.75 Å². The molecule has 0 aliphatic carbocycles. The molecule has 0 spiro atoms. The lowest BCUT2D eigenvalue weighted by Crippen LogP contribution is -1.96. The van der Waals surface area contributed by atoms with Gasteiger partial charge in [-0.1, -0.05) is 5.16 Å². The summed E-state index contributed by atoms with van der Waals surface area (Å²) >= 11 is 0. The Morgan fingerprint density at radius 1 is 1.25 bits per heavy atom. The number of aromatic nitrogens is 1. The van der Waals surface area contributed by atoms with E-state index in [0.717, 1.165) is 12.1 Å². The Labute approximate surface area is 90.6 Å². The minimum absolute atomic E-state index is 0.155. The van der Waals surface area contributed by atoms with Crippen molar-refractivity contribution in [3.8, 4) is 5.75 Å². The van der Waals surface area contributed by atoms with Crippen LogP contribution in [0.2, 0.25) is 0 Å². The zero-order valence-corrected chi connectivity index (χ0v) is 8.54. The Morgan fingerprint density at radius 3 is 2.69 bits per heavy atom. The lowest BCUT2D eigenvalue weighted by molar-refractivity contribution is 0.285. The third-order valence-electron chi connectivity index (χ3n) is 1.95. The molecule has 3 nitrogen and oxygen atoms in total. The standard InChI is InChI=1S/C11H9F2NO2/c1-7-4-8(14-16-7)6-15-9-2-3-10(12)11(13)5-9/h2-5H,6H2,1H3. The van der Waals surface area contributed by atoms with Crippen molar-refractivity contribution in [2.45, 2.75) is 13.5 Å². The molecule has 1 aromatic carbocycles. The van der Waals surface area contributed by atoms with Gasteiger partial charge in [0.25, 0.3) is 0 Å². The molecule has 1 heterocycles. The molecule has 2 rings (SSSR count). The van der Waals surface area contributed by atoms with Crippen LogP contribution in [-0.4, -0.2) is 5.16 Å². The molecular formula is C11H9F2NO2. The molecule has 0 unspecified atom stereocenters. The average Bonchev–Trinajstić information content (AvgIpc) is 2.66. The lowest BCUT2D eigenvalue weighted by Gasteiger charge is -2.03. The van der Waals surface area contributed by atoms with E-state index in [1.807, 2.05) is 0 Å². The zero-order chi connectivity index (χ0) is 11.5. The van der Waals surface area contributed by atoms with Crippen LogP contribution in [-0.2, 0) is 6.61 Å². The maximum absolute atomic E-state index is 12.8. The maximum atomic E-state index is 12.8. The Bertz CT molecular complexity index is 496. The molecule has 0 atom stereocenters. The van der Waals surface area contributed by atoms with Crippen LogP contribution >= 0.6 is 0 Å². The van der Waals surface area contributed by atoms with E-state index in [0.29, 0.717) is 11.5 Å². The monoisotopic (exact) mass is 225 g/mol. The minimum Gasteiger partial charge on any atom is -0.487 e. The first-order valence-electron chi connectivity index (χ1n) is 4.65. The van der Waals surface area contributed by atoms with Gasteiger partial charge in [0, 0.05) is 12.1 Å². The normalized spacial score (nSPS) is 10.4. The van der Waals surface area contributed by atoms with Gasteiger partial charge in [-0.2, -0.15) is 0 Å². The summed E-state index contributed by atoms with van der Waals surface area (Å²) in [4.78, 5) is 0. The quantitative estimate of drug-likeness (QED) is 0.805. The van der Waals surface area contributed by atoms with Gasteiger partial charge in [-0.3, -0.25) is 0 Å². The highest BCUT2D eigenvalue weighted by Crippen LogP contribution is 2.16. The van der Waals surface area contributed by atoms with Crippen LogP contribution in [0.25, 0.3) is 0 Å². The van der Waals surface area contributed by atoms with Gasteiger partial charge in [0.1, 0.15) is 23.8 Å². The largest absolute Gasteiger partial charge is 0.487 e. The number of hydrogen-bond acceptors (Lipinski definition) is 3. The summed E-state index contributed by atoms with van der Waals surface area (Å²) in [5.74, 6) is -0.915. The summed E-state index contributed by atoms with van der Waals surface area (Å²) < 4.78 is 35.5. The zero-order valence-electron chi connectivity index (χ0n) is 8.54. The molecule has 0 aliphatic rings. The average molecular weight is 225 g/mol. The van der Waals surface area contributed by atoms with E-state index in [-0.39, 0.29) is 12.4 Å². The van der Waals surface area contributed by atoms with Crippen molar-refractivity contribution in [3.05, 3.63) is 47.4 Å². The van der Waals surface area contributed by atoms with Crippen LogP contribution in [0.15, 0.2) is 28.8 Å². The molecule has 0 fully saturated rings. The molecule has 5 heteroatoms. The number of nitrogens with zero attached hydrogens (tertiary/aromatic N) is 1. The summed E-state index contributed by atoms with van der Waals surface area (Å²) in [6.07, 6.45) is 0. The van der Waals surface area contributed by atoms with E-state index < -0.39 is 11.6 Å². The fourth-order valence-electron chi connectivity index (χ4n) is 1.21. The first-order valence-corrected chi connectivity index (χ1v) is 4.65. The fourth-order valence-corrected chi connectivity index (χ4v) is 1.21. The van der Waals surface area contributed by atoms with Crippen LogP contribution < -0.4 is 4.74 Å². The Balaban J connectivity index is 2.02. The molecule has 16 heavy (non-hydrogen) atoms. The fraction of sp³-hybridized carbons (Fsp3) is 0.182. The SMILES string of the molecule is Cc1cc(COc2ccc(F)c(F)c2)no1. The van der Waals surface area contributed by atoms with E-state index in [4.69, 9.17) is 9.26 Å². The number of hydrogen-bond donors (Lipinski definition) is 0. The third-order valence-corrected chi connectivity index (χ3v) is 1.95. The molecule has 0 radical (unpaired) electrons. The van der Waals surface area contributed by atoms with Crippen molar-refractivity contribution in [2.24, 2.45) is 0 Å².